The van der Waals surface area contributed by atoms with E-state index in [0.717, 1.165) is 24.1 Å². The van der Waals surface area contributed by atoms with Gasteiger partial charge in [-0.2, -0.15) is 0 Å². The van der Waals surface area contributed by atoms with Crippen molar-refractivity contribution in [3.05, 3.63) is 29.8 Å². The number of hydrogen-bond donors (Lipinski definition) is 1. The van der Waals surface area contributed by atoms with Gasteiger partial charge in [0, 0.05) is 25.1 Å². The lowest BCUT2D eigenvalue weighted by atomic mass is 10.1. The quantitative estimate of drug-likeness (QED) is 0.895. The van der Waals surface area contributed by atoms with Crippen molar-refractivity contribution in [2.45, 2.75) is 45.6 Å². The minimum atomic E-state index is -0.392. The van der Waals surface area contributed by atoms with Gasteiger partial charge in [0.15, 0.2) is 0 Å². The maximum atomic E-state index is 12.4. The Morgan fingerprint density at radius 2 is 2.05 bits per heavy atom. The Morgan fingerprint density at radius 3 is 2.75 bits per heavy atom. The summed E-state index contributed by atoms with van der Waals surface area (Å²) in [5.41, 5.74) is 1.97. The minimum Gasteiger partial charge on any atom is -0.355 e. The van der Waals surface area contributed by atoms with Gasteiger partial charge in [-0.25, -0.2) is 0 Å². The molecule has 1 heterocycles. The molecule has 1 aromatic carbocycles. The lowest BCUT2D eigenvalue weighted by molar-refractivity contribution is -0.126. The van der Waals surface area contributed by atoms with Crippen LogP contribution in [0.3, 0.4) is 0 Å². The van der Waals surface area contributed by atoms with Crippen molar-refractivity contribution in [2.24, 2.45) is 0 Å². The normalized spacial score (nSPS) is 16.9. The van der Waals surface area contributed by atoms with Crippen LogP contribution in [-0.2, 0) is 16.0 Å². The number of anilines is 1. The van der Waals surface area contributed by atoms with Crippen LogP contribution in [0.4, 0.5) is 5.69 Å². The molecular weight excluding hydrogens is 252 g/mol. The molecular formula is C16H22N2O2. The van der Waals surface area contributed by atoms with Crippen LogP contribution >= 0.6 is 0 Å². The number of carbonyl (C=O) groups is 2. The second-order valence-corrected chi connectivity index (χ2v) is 5.11. The third-order valence-electron chi connectivity index (χ3n) is 3.64. The molecule has 1 atom stereocenters. The molecule has 1 N–H and O–H groups in total. The van der Waals surface area contributed by atoms with E-state index in [1.807, 2.05) is 31.2 Å². The molecule has 2 amide bonds. The molecule has 4 heteroatoms. The van der Waals surface area contributed by atoms with Crippen LogP contribution in [0.5, 0.6) is 0 Å². The molecule has 0 saturated carbocycles. The van der Waals surface area contributed by atoms with Crippen LogP contribution in [0.1, 0.15) is 38.7 Å². The van der Waals surface area contributed by atoms with Gasteiger partial charge in [0.05, 0.1) is 0 Å². The number of nitrogens with zero attached hydrogens (tertiary/aromatic N) is 1. The van der Waals surface area contributed by atoms with Crippen molar-refractivity contribution in [2.75, 3.05) is 11.4 Å². The van der Waals surface area contributed by atoms with Gasteiger partial charge in [-0.1, -0.05) is 31.5 Å². The molecule has 1 aliphatic heterocycles. The van der Waals surface area contributed by atoms with Crippen molar-refractivity contribution in [3.8, 4) is 0 Å². The Labute approximate surface area is 120 Å². The molecule has 1 aliphatic rings. The monoisotopic (exact) mass is 274 g/mol. The summed E-state index contributed by atoms with van der Waals surface area (Å²) in [6.45, 7) is 4.54. The Kier molecular flexibility index (Phi) is 4.77. The first-order chi connectivity index (χ1) is 9.69. The van der Waals surface area contributed by atoms with E-state index in [0.29, 0.717) is 19.4 Å². The highest BCUT2D eigenvalue weighted by Crippen LogP contribution is 2.32. The third-order valence-corrected chi connectivity index (χ3v) is 3.64. The Morgan fingerprint density at radius 1 is 1.30 bits per heavy atom. The SMILES string of the molecule is CCCCC(=O)N1c2ccccc2CC1C(=O)NCC. The van der Waals surface area contributed by atoms with Crippen LogP contribution in [0.2, 0.25) is 0 Å². The molecule has 108 valence electrons. The van der Waals surface area contributed by atoms with Gasteiger partial charge in [0.25, 0.3) is 0 Å². The second-order valence-electron chi connectivity index (χ2n) is 5.11. The molecule has 0 aliphatic carbocycles. The molecule has 4 nitrogen and oxygen atoms in total. The highest BCUT2D eigenvalue weighted by molar-refractivity contribution is 6.03. The standard InChI is InChI=1S/C16H22N2O2/c1-3-5-10-15(19)18-13-9-7-6-8-12(13)11-14(18)16(20)17-4-2/h6-9,14H,3-5,10-11H2,1-2H3,(H,17,20). The van der Waals surface area contributed by atoms with Crippen molar-refractivity contribution >= 4 is 17.5 Å². The highest BCUT2D eigenvalue weighted by Gasteiger charge is 2.37. The molecule has 20 heavy (non-hydrogen) atoms. The van der Waals surface area contributed by atoms with Crippen LogP contribution in [-0.4, -0.2) is 24.4 Å². The van der Waals surface area contributed by atoms with E-state index in [9.17, 15) is 9.59 Å². The molecule has 1 unspecified atom stereocenters. The maximum Gasteiger partial charge on any atom is 0.243 e. The van der Waals surface area contributed by atoms with Crippen molar-refractivity contribution in [3.63, 3.8) is 0 Å². The van der Waals surface area contributed by atoms with Crippen molar-refractivity contribution < 1.29 is 9.59 Å². The fraction of sp³-hybridized carbons (Fsp3) is 0.500. The molecule has 2 rings (SSSR count). The van der Waals surface area contributed by atoms with Gasteiger partial charge in [0.1, 0.15) is 6.04 Å². The van der Waals surface area contributed by atoms with E-state index < -0.39 is 6.04 Å². The highest BCUT2D eigenvalue weighted by atomic mass is 16.2. The molecule has 0 spiro atoms. The number of rotatable bonds is 5. The van der Waals surface area contributed by atoms with E-state index in [1.165, 1.54) is 0 Å². The number of fused-ring (bicyclic) bond motifs is 1. The zero-order valence-electron chi connectivity index (χ0n) is 12.2. The number of likely N-dealkylation sites (N-methyl/N-ethyl adjacent to an activating group) is 1. The van der Waals surface area contributed by atoms with Crippen LogP contribution < -0.4 is 10.2 Å². The van der Waals surface area contributed by atoms with Gasteiger partial charge < -0.3 is 5.32 Å². The summed E-state index contributed by atoms with van der Waals surface area (Å²) in [5.74, 6) is -0.0124. The Hall–Kier alpha value is -1.84. The van der Waals surface area contributed by atoms with Crippen molar-refractivity contribution in [1.29, 1.82) is 0 Å². The maximum absolute atomic E-state index is 12.4. The number of nitrogens with one attached hydrogen (secondary N) is 1. The largest absolute Gasteiger partial charge is 0.355 e. The van der Waals surface area contributed by atoms with Gasteiger partial charge in [-0.15, -0.1) is 0 Å². The van der Waals surface area contributed by atoms with E-state index in [2.05, 4.69) is 12.2 Å². The molecule has 0 radical (unpaired) electrons. The molecule has 0 bridgehead atoms. The lowest BCUT2D eigenvalue weighted by Crippen LogP contribution is -2.48. The predicted octanol–water partition coefficient (Wildman–Crippen LogP) is 2.27. The van der Waals surface area contributed by atoms with Crippen LogP contribution in [0.15, 0.2) is 24.3 Å². The van der Waals surface area contributed by atoms with Gasteiger partial charge in [-0.05, 0) is 25.0 Å². The first kappa shape index (κ1) is 14.6. The lowest BCUT2D eigenvalue weighted by Gasteiger charge is -2.24. The summed E-state index contributed by atoms with van der Waals surface area (Å²) in [6, 6.07) is 7.40. The van der Waals surface area contributed by atoms with Gasteiger partial charge in [0.2, 0.25) is 11.8 Å². The zero-order chi connectivity index (χ0) is 14.5. The van der Waals surface area contributed by atoms with Gasteiger partial charge >= 0.3 is 0 Å². The fourth-order valence-electron chi connectivity index (χ4n) is 2.64. The van der Waals surface area contributed by atoms with Crippen LogP contribution in [0.25, 0.3) is 0 Å². The number of benzene rings is 1. The minimum absolute atomic E-state index is 0.0491. The van der Waals surface area contributed by atoms with E-state index in [-0.39, 0.29) is 11.8 Å². The number of carbonyl (C=O) groups excluding carboxylic acids is 2. The molecule has 0 aromatic heterocycles. The molecule has 0 fully saturated rings. The van der Waals surface area contributed by atoms with Gasteiger partial charge in [-0.3, -0.25) is 14.5 Å². The topological polar surface area (TPSA) is 49.4 Å². The van der Waals surface area contributed by atoms with E-state index in [1.54, 1.807) is 4.90 Å². The van der Waals surface area contributed by atoms with E-state index >= 15 is 0 Å². The Bertz CT molecular complexity index is 499. The third kappa shape index (κ3) is 2.84. The average Bonchev–Trinajstić information content (AvgIpc) is 2.84. The first-order valence-corrected chi connectivity index (χ1v) is 7.36. The summed E-state index contributed by atoms with van der Waals surface area (Å²) in [6.07, 6.45) is 2.95. The summed E-state index contributed by atoms with van der Waals surface area (Å²) in [7, 11) is 0. The summed E-state index contributed by atoms with van der Waals surface area (Å²) in [5, 5.41) is 2.83. The number of unbranched alkanes of at least 4 members (excludes halogenated alkanes) is 1. The van der Waals surface area contributed by atoms with Crippen LogP contribution in [0, 0.1) is 0 Å². The Balaban J connectivity index is 2.25. The predicted molar refractivity (Wildman–Crippen MR) is 79.6 cm³/mol. The second kappa shape index (κ2) is 6.55. The number of hydrogen-bond acceptors (Lipinski definition) is 2. The first-order valence-electron chi connectivity index (χ1n) is 7.36. The zero-order valence-corrected chi connectivity index (χ0v) is 12.2. The summed E-state index contributed by atoms with van der Waals surface area (Å²) >= 11 is 0. The fourth-order valence-corrected chi connectivity index (χ4v) is 2.64. The summed E-state index contributed by atoms with van der Waals surface area (Å²) in [4.78, 5) is 26.3. The number of amides is 2. The molecule has 0 saturated heterocycles. The van der Waals surface area contributed by atoms with Crippen molar-refractivity contribution in [1.82, 2.24) is 5.32 Å². The smallest absolute Gasteiger partial charge is 0.243 e. The average molecular weight is 274 g/mol. The molecule has 1 aromatic rings. The number of para-hydroxylation sites is 1. The summed E-state index contributed by atoms with van der Waals surface area (Å²) < 4.78 is 0. The van der Waals surface area contributed by atoms with E-state index in [4.69, 9.17) is 0 Å².